The Bertz CT molecular complexity index is 1420. The summed E-state index contributed by atoms with van der Waals surface area (Å²) in [6.45, 7) is 9.31. The Kier molecular flexibility index (Phi) is 7.04. The van der Waals surface area contributed by atoms with E-state index in [0.29, 0.717) is 17.8 Å². The molecule has 0 N–H and O–H groups in total. The number of nitrogens with zero attached hydrogens (tertiary/aromatic N) is 2. The predicted octanol–water partition coefficient (Wildman–Crippen LogP) is 7.19. The van der Waals surface area contributed by atoms with Gasteiger partial charge in [0.05, 0.1) is 0 Å². The maximum Gasteiger partial charge on any atom is 0.254 e. The highest BCUT2D eigenvalue weighted by Gasteiger charge is 2.38. The van der Waals surface area contributed by atoms with Gasteiger partial charge in [-0.2, -0.15) is 0 Å². The van der Waals surface area contributed by atoms with Crippen molar-refractivity contribution in [2.45, 2.75) is 38.5 Å². The molecular formula is C35H38N2O. The molecule has 3 heteroatoms. The van der Waals surface area contributed by atoms with Crippen molar-refractivity contribution in [1.29, 1.82) is 0 Å². The van der Waals surface area contributed by atoms with E-state index in [-0.39, 0.29) is 5.91 Å². The highest BCUT2D eigenvalue weighted by molar-refractivity contribution is 6.07. The third kappa shape index (κ3) is 5.00. The van der Waals surface area contributed by atoms with Crippen LogP contribution in [0, 0.1) is 19.8 Å². The van der Waals surface area contributed by atoms with Crippen LogP contribution in [0.5, 0.6) is 0 Å². The third-order valence-corrected chi connectivity index (χ3v) is 9.06. The van der Waals surface area contributed by atoms with Crippen LogP contribution in [-0.4, -0.2) is 48.4 Å². The van der Waals surface area contributed by atoms with Gasteiger partial charge >= 0.3 is 0 Å². The average Bonchev–Trinajstić information content (AvgIpc) is 3.38. The molecule has 194 valence electrons. The number of amides is 1. The van der Waals surface area contributed by atoms with Crippen LogP contribution in [-0.2, 0) is 0 Å². The molecule has 2 heterocycles. The number of hydrogen-bond acceptors (Lipinski definition) is 2. The minimum absolute atomic E-state index is 0.168. The van der Waals surface area contributed by atoms with Crippen molar-refractivity contribution < 1.29 is 4.79 Å². The molecule has 0 unspecified atom stereocenters. The number of fused-ring (bicyclic) bond motifs is 1. The summed E-state index contributed by atoms with van der Waals surface area (Å²) >= 11 is 0. The third-order valence-electron chi connectivity index (χ3n) is 9.06. The van der Waals surface area contributed by atoms with E-state index in [0.717, 1.165) is 49.1 Å². The predicted molar refractivity (Wildman–Crippen MR) is 157 cm³/mol. The van der Waals surface area contributed by atoms with Crippen molar-refractivity contribution in [2.24, 2.45) is 5.92 Å². The van der Waals surface area contributed by atoms with E-state index in [4.69, 9.17) is 0 Å². The molecule has 38 heavy (non-hydrogen) atoms. The van der Waals surface area contributed by atoms with E-state index in [1.165, 1.54) is 35.1 Å². The molecule has 4 aromatic rings. The topological polar surface area (TPSA) is 23.6 Å². The standard InChI is InChI=1S/C35H38N2O/c1-25-15-16-30(21-26(25)2)34-24-37(35(38)33-14-8-12-29-11-6-7-13-32(29)33)23-31(34)22-36-19-17-28(18-20-36)27-9-4-3-5-10-27/h3-16,21,28,31,34H,17-20,22-24H2,1-2H3/t31-,34+/m0/s1. The second-order valence-corrected chi connectivity index (χ2v) is 11.4. The second kappa shape index (κ2) is 10.7. The fraction of sp³-hybridized carbons (Fsp3) is 0.343. The minimum Gasteiger partial charge on any atom is -0.338 e. The lowest BCUT2D eigenvalue weighted by molar-refractivity contribution is 0.0783. The Morgan fingerprint density at radius 2 is 1.50 bits per heavy atom. The molecule has 0 saturated carbocycles. The quantitative estimate of drug-likeness (QED) is 0.288. The van der Waals surface area contributed by atoms with Gasteiger partial charge in [0.15, 0.2) is 0 Å². The molecule has 3 nitrogen and oxygen atoms in total. The molecule has 2 saturated heterocycles. The summed E-state index contributed by atoms with van der Waals surface area (Å²) in [5, 5.41) is 2.18. The van der Waals surface area contributed by atoms with Crippen molar-refractivity contribution in [2.75, 3.05) is 32.7 Å². The van der Waals surface area contributed by atoms with Crippen LogP contribution in [0.25, 0.3) is 10.8 Å². The fourth-order valence-corrected chi connectivity index (χ4v) is 6.68. The van der Waals surface area contributed by atoms with Gasteiger partial charge in [-0.05, 0) is 90.7 Å². The van der Waals surface area contributed by atoms with Gasteiger partial charge in [0.1, 0.15) is 0 Å². The van der Waals surface area contributed by atoms with Crippen LogP contribution in [0.2, 0.25) is 0 Å². The summed E-state index contributed by atoms with van der Waals surface area (Å²) in [7, 11) is 0. The maximum atomic E-state index is 13.9. The van der Waals surface area contributed by atoms with E-state index in [2.05, 4.69) is 90.4 Å². The molecule has 0 radical (unpaired) electrons. The molecule has 2 aliphatic rings. The number of rotatable bonds is 5. The second-order valence-electron chi connectivity index (χ2n) is 11.4. The summed E-state index contributed by atoms with van der Waals surface area (Å²) in [6, 6.07) is 32.3. The number of carbonyl (C=O) groups excluding carboxylic acids is 1. The Morgan fingerprint density at radius 1 is 0.763 bits per heavy atom. The Hall–Kier alpha value is -3.43. The van der Waals surface area contributed by atoms with E-state index >= 15 is 0 Å². The van der Waals surface area contributed by atoms with Gasteiger partial charge < -0.3 is 9.80 Å². The van der Waals surface area contributed by atoms with Crippen LogP contribution in [0.1, 0.15) is 57.3 Å². The number of hydrogen-bond donors (Lipinski definition) is 0. The summed E-state index contributed by atoms with van der Waals surface area (Å²) in [5.74, 6) is 1.63. The smallest absolute Gasteiger partial charge is 0.254 e. The zero-order valence-electron chi connectivity index (χ0n) is 22.6. The molecule has 0 aromatic heterocycles. The van der Waals surface area contributed by atoms with Gasteiger partial charge in [-0.1, -0.05) is 84.9 Å². The molecule has 0 spiro atoms. The summed E-state index contributed by atoms with van der Waals surface area (Å²) in [6.07, 6.45) is 2.42. The zero-order chi connectivity index (χ0) is 26.1. The minimum atomic E-state index is 0.168. The van der Waals surface area contributed by atoms with Gasteiger partial charge in [0, 0.05) is 31.1 Å². The first-order valence-corrected chi connectivity index (χ1v) is 14.2. The molecule has 2 aliphatic heterocycles. The largest absolute Gasteiger partial charge is 0.338 e. The highest BCUT2D eigenvalue weighted by Crippen LogP contribution is 2.37. The molecular weight excluding hydrogens is 464 g/mol. The number of benzene rings is 4. The van der Waals surface area contributed by atoms with Crippen molar-refractivity contribution >= 4 is 16.7 Å². The first-order valence-electron chi connectivity index (χ1n) is 14.2. The summed E-state index contributed by atoms with van der Waals surface area (Å²) < 4.78 is 0. The first-order chi connectivity index (χ1) is 18.6. The van der Waals surface area contributed by atoms with Crippen molar-refractivity contribution in [3.63, 3.8) is 0 Å². The van der Waals surface area contributed by atoms with Crippen LogP contribution in [0.3, 0.4) is 0 Å². The number of aryl methyl sites for hydroxylation is 2. The fourth-order valence-electron chi connectivity index (χ4n) is 6.68. The molecule has 2 fully saturated rings. The lowest BCUT2D eigenvalue weighted by Crippen LogP contribution is -2.38. The van der Waals surface area contributed by atoms with Crippen LogP contribution >= 0.6 is 0 Å². The van der Waals surface area contributed by atoms with Crippen molar-refractivity contribution in [3.05, 3.63) is 119 Å². The van der Waals surface area contributed by atoms with Crippen molar-refractivity contribution in [1.82, 2.24) is 9.80 Å². The molecule has 0 aliphatic carbocycles. The summed E-state index contributed by atoms with van der Waals surface area (Å²) in [4.78, 5) is 18.7. The molecule has 1 amide bonds. The monoisotopic (exact) mass is 502 g/mol. The van der Waals surface area contributed by atoms with Crippen LogP contribution in [0.4, 0.5) is 0 Å². The van der Waals surface area contributed by atoms with Gasteiger partial charge in [-0.15, -0.1) is 0 Å². The van der Waals surface area contributed by atoms with E-state index in [9.17, 15) is 4.79 Å². The number of likely N-dealkylation sites (tertiary alicyclic amines) is 2. The van der Waals surface area contributed by atoms with E-state index in [1.54, 1.807) is 0 Å². The van der Waals surface area contributed by atoms with Crippen LogP contribution < -0.4 is 0 Å². The molecule has 0 bridgehead atoms. The van der Waals surface area contributed by atoms with Crippen LogP contribution in [0.15, 0.2) is 91.0 Å². The lowest BCUT2D eigenvalue weighted by Gasteiger charge is -2.35. The molecule has 6 rings (SSSR count). The van der Waals surface area contributed by atoms with E-state index in [1.807, 2.05) is 24.3 Å². The Labute approximate surface area is 227 Å². The van der Waals surface area contributed by atoms with Crippen molar-refractivity contribution in [3.8, 4) is 0 Å². The Balaban J connectivity index is 1.22. The normalized spacial score (nSPS) is 20.7. The maximum absolute atomic E-state index is 13.9. The van der Waals surface area contributed by atoms with Gasteiger partial charge in [-0.3, -0.25) is 4.79 Å². The lowest BCUT2D eigenvalue weighted by atomic mass is 9.85. The SMILES string of the molecule is Cc1ccc([C@H]2CN(C(=O)c3cccc4ccccc34)C[C@@H]2CN2CCC(c3ccccc3)CC2)cc1C. The van der Waals surface area contributed by atoms with E-state index < -0.39 is 0 Å². The number of carbonyl (C=O) groups is 1. The molecule has 4 aromatic carbocycles. The molecule has 2 atom stereocenters. The zero-order valence-corrected chi connectivity index (χ0v) is 22.6. The van der Waals surface area contributed by atoms with Gasteiger partial charge in [-0.25, -0.2) is 0 Å². The highest BCUT2D eigenvalue weighted by atomic mass is 16.2. The average molecular weight is 503 g/mol. The number of piperidine rings is 1. The first kappa shape index (κ1) is 24.9. The summed E-state index contributed by atoms with van der Waals surface area (Å²) in [5.41, 5.74) is 6.35. The van der Waals surface area contributed by atoms with Gasteiger partial charge in [0.25, 0.3) is 5.91 Å². The van der Waals surface area contributed by atoms with Gasteiger partial charge in [0.2, 0.25) is 0 Å². The Morgan fingerprint density at radius 3 is 2.29 bits per heavy atom.